The van der Waals surface area contributed by atoms with Crippen molar-refractivity contribution >= 4 is 34.5 Å². The van der Waals surface area contributed by atoms with Crippen molar-refractivity contribution in [2.24, 2.45) is 5.73 Å². The van der Waals surface area contributed by atoms with Crippen molar-refractivity contribution in [3.63, 3.8) is 0 Å². The number of aryl methyl sites for hydroxylation is 1. The molecule has 0 aliphatic carbocycles. The molecule has 0 saturated carbocycles. The van der Waals surface area contributed by atoms with Gasteiger partial charge in [0.15, 0.2) is 0 Å². The smallest absolute Gasteiger partial charge is 0.106 e. The molecule has 0 aromatic heterocycles. The van der Waals surface area contributed by atoms with Crippen molar-refractivity contribution in [1.29, 1.82) is 0 Å². The summed E-state index contributed by atoms with van der Waals surface area (Å²) in [5.41, 5.74) is 8.80. The van der Waals surface area contributed by atoms with Crippen LogP contribution in [-0.2, 0) is 6.42 Å². The molecule has 0 atom stereocenters. The van der Waals surface area contributed by atoms with Crippen molar-refractivity contribution < 1.29 is 0 Å². The summed E-state index contributed by atoms with van der Waals surface area (Å²) < 4.78 is 0. The van der Waals surface area contributed by atoms with Gasteiger partial charge in [-0.1, -0.05) is 54.2 Å². The first-order chi connectivity index (χ1) is 9.66. The van der Waals surface area contributed by atoms with Gasteiger partial charge in [-0.2, -0.15) is 0 Å². The van der Waals surface area contributed by atoms with Gasteiger partial charge in [0.25, 0.3) is 0 Å². The maximum absolute atomic E-state index is 5.96. The molecule has 0 radical (unpaired) electrons. The third-order valence-electron chi connectivity index (χ3n) is 3.05. The summed E-state index contributed by atoms with van der Waals surface area (Å²) in [6.45, 7) is 0.867. The fourth-order valence-corrected chi connectivity index (χ4v) is 2.38. The maximum Gasteiger partial charge on any atom is 0.106 e. The fraction of sp³-hybridized carbons (Fsp3) is 0.188. The van der Waals surface area contributed by atoms with E-state index in [-0.39, 0.29) is 0 Å². The van der Waals surface area contributed by atoms with Crippen LogP contribution in [0.1, 0.15) is 17.5 Å². The molecule has 2 nitrogen and oxygen atoms in total. The predicted molar refractivity (Wildman–Crippen MR) is 90.6 cm³/mol. The summed E-state index contributed by atoms with van der Waals surface area (Å²) in [4.78, 5) is 0.359. The number of thiocarbonyl (C=S) groups is 1. The third kappa shape index (κ3) is 4.22. The van der Waals surface area contributed by atoms with E-state index in [1.165, 1.54) is 5.56 Å². The molecule has 0 unspecified atom stereocenters. The molecule has 2 rings (SSSR count). The molecule has 2 aromatic rings. The number of anilines is 1. The fourth-order valence-electron chi connectivity index (χ4n) is 2.03. The monoisotopic (exact) mass is 304 g/mol. The standard InChI is InChI=1S/C16H17ClN2S/c17-13-8-9-15(14(11-13)16(18)20)19-10-4-7-12-5-2-1-3-6-12/h1-3,5-6,8-9,11,19H,4,7,10H2,(H2,18,20). The van der Waals surface area contributed by atoms with E-state index in [2.05, 4.69) is 29.6 Å². The highest BCUT2D eigenvalue weighted by Crippen LogP contribution is 2.20. The van der Waals surface area contributed by atoms with E-state index in [0.717, 1.165) is 30.6 Å². The molecule has 3 N–H and O–H groups in total. The lowest BCUT2D eigenvalue weighted by atomic mass is 10.1. The highest BCUT2D eigenvalue weighted by molar-refractivity contribution is 7.80. The van der Waals surface area contributed by atoms with Gasteiger partial charge in [-0.15, -0.1) is 0 Å². The minimum Gasteiger partial charge on any atom is -0.389 e. The molecule has 2 aromatic carbocycles. The molecule has 0 saturated heterocycles. The van der Waals surface area contributed by atoms with Crippen molar-refractivity contribution in [1.82, 2.24) is 0 Å². The van der Waals surface area contributed by atoms with Gasteiger partial charge < -0.3 is 11.1 Å². The zero-order valence-corrected chi connectivity index (χ0v) is 12.7. The molecule has 20 heavy (non-hydrogen) atoms. The zero-order valence-electron chi connectivity index (χ0n) is 11.1. The first kappa shape index (κ1) is 14.8. The van der Waals surface area contributed by atoms with Gasteiger partial charge in [-0.3, -0.25) is 0 Å². The van der Waals surface area contributed by atoms with E-state index >= 15 is 0 Å². The summed E-state index contributed by atoms with van der Waals surface area (Å²) in [7, 11) is 0. The Labute approximate surface area is 130 Å². The van der Waals surface area contributed by atoms with Crippen LogP contribution in [0, 0.1) is 0 Å². The number of hydrogen-bond acceptors (Lipinski definition) is 2. The minimum atomic E-state index is 0.359. The second-order valence-corrected chi connectivity index (χ2v) is 5.45. The maximum atomic E-state index is 5.96. The Bertz CT molecular complexity index is 584. The van der Waals surface area contributed by atoms with Gasteiger partial charge in [0.1, 0.15) is 4.99 Å². The van der Waals surface area contributed by atoms with E-state index in [9.17, 15) is 0 Å². The molecule has 104 valence electrons. The first-order valence-corrected chi connectivity index (χ1v) is 7.32. The summed E-state index contributed by atoms with van der Waals surface area (Å²) >= 11 is 11.0. The second kappa shape index (κ2) is 7.27. The van der Waals surface area contributed by atoms with Crippen LogP contribution >= 0.6 is 23.8 Å². The second-order valence-electron chi connectivity index (χ2n) is 4.57. The number of nitrogens with two attached hydrogens (primary N) is 1. The number of rotatable bonds is 6. The van der Waals surface area contributed by atoms with Crippen LogP contribution in [0.25, 0.3) is 0 Å². The van der Waals surface area contributed by atoms with Crippen molar-refractivity contribution in [2.45, 2.75) is 12.8 Å². The SMILES string of the molecule is NC(=S)c1cc(Cl)ccc1NCCCc1ccccc1. The number of benzene rings is 2. The normalized spacial score (nSPS) is 10.2. The zero-order chi connectivity index (χ0) is 14.4. The molecule has 0 aliphatic rings. The first-order valence-electron chi connectivity index (χ1n) is 6.54. The summed E-state index contributed by atoms with van der Waals surface area (Å²) in [6, 6.07) is 16.0. The Morgan fingerprint density at radius 1 is 1.15 bits per heavy atom. The topological polar surface area (TPSA) is 38.0 Å². The van der Waals surface area contributed by atoms with Crippen molar-refractivity contribution in [3.8, 4) is 0 Å². The Kier molecular flexibility index (Phi) is 5.39. The molecule has 0 aliphatic heterocycles. The quantitative estimate of drug-likeness (QED) is 0.625. The lowest BCUT2D eigenvalue weighted by molar-refractivity contribution is 0.863. The van der Waals surface area contributed by atoms with E-state index in [1.807, 2.05) is 18.2 Å². The van der Waals surface area contributed by atoms with Crippen molar-refractivity contribution in [3.05, 3.63) is 64.7 Å². The highest BCUT2D eigenvalue weighted by atomic mass is 35.5. The Balaban J connectivity index is 1.90. The Morgan fingerprint density at radius 3 is 2.60 bits per heavy atom. The van der Waals surface area contributed by atoms with Crippen LogP contribution in [0.15, 0.2) is 48.5 Å². The van der Waals surface area contributed by atoms with Gasteiger partial charge in [0.2, 0.25) is 0 Å². The molecule has 0 spiro atoms. The van der Waals surface area contributed by atoms with Gasteiger partial charge in [0.05, 0.1) is 0 Å². The Morgan fingerprint density at radius 2 is 1.90 bits per heavy atom. The molecular formula is C16H17ClN2S. The van der Waals surface area contributed by atoms with E-state index in [0.29, 0.717) is 10.0 Å². The predicted octanol–water partition coefficient (Wildman–Crippen LogP) is 4.02. The average molecular weight is 305 g/mol. The molecule has 0 fully saturated rings. The minimum absolute atomic E-state index is 0.359. The molecule has 0 amide bonds. The van der Waals surface area contributed by atoms with Crippen LogP contribution < -0.4 is 11.1 Å². The molecule has 4 heteroatoms. The van der Waals surface area contributed by atoms with Crippen LogP contribution in [-0.4, -0.2) is 11.5 Å². The van der Waals surface area contributed by atoms with Crippen LogP contribution in [0.2, 0.25) is 5.02 Å². The molecule has 0 bridgehead atoms. The highest BCUT2D eigenvalue weighted by Gasteiger charge is 2.05. The molecule has 0 heterocycles. The summed E-state index contributed by atoms with van der Waals surface area (Å²) in [5, 5.41) is 4.01. The van der Waals surface area contributed by atoms with Gasteiger partial charge in [-0.25, -0.2) is 0 Å². The van der Waals surface area contributed by atoms with E-state index in [4.69, 9.17) is 29.6 Å². The van der Waals surface area contributed by atoms with Crippen LogP contribution in [0.3, 0.4) is 0 Å². The van der Waals surface area contributed by atoms with Gasteiger partial charge in [0, 0.05) is 22.8 Å². The van der Waals surface area contributed by atoms with Crippen LogP contribution in [0.4, 0.5) is 5.69 Å². The average Bonchev–Trinajstić information content (AvgIpc) is 2.45. The number of nitrogens with one attached hydrogen (secondary N) is 1. The summed E-state index contributed by atoms with van der Waals surface area (Å²) in [5.74, 6) is 0. The number of halogens is 1. The van der Waals surface area contributed by atoms with Crippen LogP contribution in [0.5, 0.6) is 0 Å². The molecular weight excluding hydrogens is 288 g/mol. The summed E-state index contributed by atoms with van der Waals surface area (Å²) in [6.07, 6.45) is 2.09. The Hall–Kier alpha value is -1.58. The largest absolute Gasteiger partial charge is 0.389 e. The van der Waals surface area contributed by atoms with Crippen molar-refractivity contribution in [2.75, 3.05) is 11.9 Å². The van der Waals surface area contributed by atoms with E-state index in [1.54, 1.807) is 6.07 Å². The third-order valence-corrected chi connectivity index (χ3v) is 3.50. The lowest BCUT2D eigenvalue weighted by Crippen LogP contribution is -2.14. The van der Waals surface area contributed by atoms with E-state index < -0.39 is 0 Å². The van der Waals surface area contributed by atoms with Gasteiger partial charge in [-0.05, 0) is 36.6 Å². The number of hydrogen-bond donors (Lipinski definition) is 2. The lowest BCUT2D eigenvalue weighted by Gasteiger charge is -2.11. The van der Waals surface area contributed by atoms with Gasteiger partial charge >= 0.3 is 0 Å².